The molecule has 2 rings (SSSR count). The molecule has 0 amide bonds. The summed E-state index contributed by atoms with van der Waals surface area (Å²) in [7, 11) is 0. The van der Waals surface area contributed by atoms with Gasteiger partial charge in [0.15, 0.2) is 0 Å². The first-order valence-corrected chi connectivity index (χ1v) is 6.40. The Morgan fingerprint density at radius 1 is 1.06 bits per heavy atom. The van der Waals surface area contributed by atoms with Gasteiger partial charge in [-0.1, -0.05) is 45.9 Å². The minimum Gasteiger partial charge on any atom is -0.295 e. The average Bonchev–Trinajstić information content (AvgIpc) is 2.56. The zero-order valence-electron chi connectivity index (χ0n) is 11.0. The minimum absolute atomic E-state index is 0.643. The van der Waals surface area contributed by atoms with Gasteiger partial charge in [0.2, 0.25) is 0 Å². The molecule has 1 nitrogen and oxygen atoms in total. The summed E-state index contributed by atoms with van der Waals surface area (Å²) in [5, 5.41) is 0. The van der Waals surface area contributed by atoms with Gasteiger partial charge in [0.05, 0.1) is 0 Å². The van der Waals surface area contributed by atoms with E-state index >= 15 is 0 Å². The standard InChI is InChI=1S/C15H23N/c1-11(2)8-16-9-14-6-5-13(12(3)4)7-15(14)10-16/h5-7,11-12H,8-10H2,1-4H3. The third-order valence-corrected chi connectivity index (χ3v) is 3.31. The van der Waals surface area contributed by atoms with E-state index in [0.717, 1.165) is 19.0 Å². The monoisotopic (exact) mass is 217 g/mol. The second-order valence-electron chi connectivity index (χ2n) is 5.75. The van der Waals surface area contributed by atoms with Crippen molar-refractivity contribution < 1.29 is 0 Å². The average molecular weight is 217 g/mol. The van der Waals surface area contributed by atoms with E-state index < -0.39 is 0 Å². The van der Waals surface area contributed by atoms with Gasteiger partial charge >= 0.3 is 0 Å². The zero-order valence-corrected chi connectivity index (χ0v) is 11.0. The SMILES string of the molecule is CC(C)CN1Cc2ccc(C(C)C)cc2C1. The summed E-state index contributed by atoms with van der Waals surface area (Å²) in [4.78, 5) is 2.55. The van der Waals surface area contributed by atoms with Crippen LogP contribution in [-0.2, 0) is 13.1 Å². The summed E-state index contributed by atoms with van der Waals surface area (Å²) in [6.07, 6.45) is 0. The van der Waals surface area contributed by atoms with Crippen molar-refractivity contribution in [2.45, 2.75) is 46.7 Å². The third kappa shape index (κ3) is 2.46. The molecule has 0 saturated heterocycles. The molecule has 0 bridgehead atoms. The summed E-state index contributed by atoms with van der Waals surface area (Å²) in [6.45, 7) is 12.6. The maximum atomic E-state index is 2.55. The predicted octanol–water partition coefficient (Wildman–Crippen LogP) is 3.78. The lowest BCUT2D eigenvalue weighted by atomic mass is 9.99. The first kappa shape index (κ1) is 11.7. The van der Waals surface area contributed by atoms with E-state index in [9.17, 15) is 0 Å². The van der Waals surface area contributed by atoms with Crippen molar-refractivity contribution in [2.24, 2.45) is 5.92 Å². The highest BCUT2D eigenvalue weighted by Crippen LogP contribution is 2.26. The zero-order chi connectivity index (χ0) is 11.7. The molecule has 0 aliphatic carbocycles. The Kier molecular flexibility index (Phi) is 3.34. The Balaban J connectivity index is 2.12. The van der Waals surface area contributed by atoms with Crippen LogP contribution in [0, 0.1) is 5.92 Å². The molecule has 1 aliphatic rings. The van der Waals surface area contributed by atoms with E-state index in [0.29, 0.717) is 5.92 Å². The van der Waals surface area contributed by atoms with Gasteiger partial charge in [-0.15, -0.1) is 0 Å². The minimum atomic E-state index is 0.643. The van der Waals surface area contributed by atoms with E-state index in [-0.39, 0.29) is 0 Å². The lowest BCUT2D eigenvalue weighted by Gasteiger charge is -2.16. The lowest BCUT2D eigenvalue weighted by Crippen LogP contribution is -2.21. The summed E-state index contributed by atoms with van der Waals surface area (Å²) in [5.74, 6) is 1.41. The van der Waals surface area contributed by atoms with Crippen LogP contribution in [0.15, 0.2) is 18.2 Å². The molecular weight excluding hydrogens is 194 g/mol. The molecule has 1 heteroatoms. The number of nitrogens with zero attached hydrogens (tertiary/aromatic N) is 1. The van der Waals surface area contributed by atoms with Crippen molar-refractivity contribution in [1.82, 2.24) is 4.90 Å². The van der Waals surface area contributed by atoms with Gasteiger partial charge in [-0.3, -0.25) is 4.90 Å². The maximum Gasteiger partial charge on any atom is 0.0240 e. The van der Waals surface area contributed by atoms with E-state index in [4.69, 9.17) is 0 Å². The van der Waals surface area contributed by atoms with Crippen LogP contribution in [0.2, 0.25) is 0 Å². The van der Waals surface area contributed by atoms with Gasteiger partial charge in [0.1, 0.15) is 0 Å². The Morgan fingerprint density at radius 3 is 2.38 bits per heavy atom. The Morgan fingerprint density at radius 2 is 1.75 bits per heavy atom. The molecule has 0 spiro atoms. The molecule has 1 aliphatic heterocycles. The van der Waals surface area contributed by atoms with Crippen molar-refractivity contribution in [2.75, 3.05) is 6.54 Å². The predicted molar refractivity (Wildman–Crippen MR) is 69.5 cm³/mol. The van der Waals surface area contributed by atoms with Gasteiger partial charge in [-0.05, 0) is 28.5 Å². The van der Waals surface area contributed by atoms with Crippen LogP contribution < -0.4 is 0 Å². The third-order valence-electron chi connectivity index (χ3n) is 3.31. The van der Waals surface area contributed by atoms with Crippen molar-refractivity contribution >= 4 is 0 Å². The molecule has 16 heavy (non-hydrogen) atoms. The number of fused-ring (bicyclic) bond motifs is 1. The Labute approximate surface area is 99.5 Å². The molecule has 0 unspecified atom stereocenters. The number of hydrogen-bond acceptors (Lipinski definition) is 1. The first-order chi connectivity index (χ1) is 7.56. The smallest absolute Gasteiger partial charge is 0.0240 e. The second kappa shape index (κ2) is 4.58. The molecule has 88 valence electrons. The quantitative estimate of drug-likeness (QED) is 0.744. The second-order valence-corrected chi connectivity index (χ2v) is 5.75. The van der Waals surface area contributed by atoms with Crippen molar-refractivity contribution in [3.8, 4) is 0 Å². The van der Waals surface area contributed by atoms with Crippen LogP contribution >= 0.6 is 0 Å². The summed E-state index contributed by atoms with van der Waals surface area (Å²) >= 11 is 0. The van der Waals surface area contributed by atoms with Crippen molar-refractivity contribution in [3.05, 3.63) is 34.9 Å². The number of benzene rings is 1. The Hall–Kier alpha value is -0.820. The molecule has 1 aromatic rings. The largest absolute Gasteiger partial charge is 0.295 e. The van der Waals surface area contributed by atoms with Crippen LogP contribution in [0.3, 0.4) is 0 Å². The number of hydrogen-bond donors (Lipinski definition) is 0. The van der Waals surface area contributed by atoms with Gasteiger partial charge in [0.25, 0.3) is 0 Å². The van der Waals surface area contributed by atoms with Crippen LogP contribution in [-0.4, -0.2) is 11.4 Å². The summed E-state index contributed by atoms with van der Waals surface area (Å²) < 4.78 is 0. The van der Waals surface area contributed by atoms with Crippen LogP contribution in [0.5, 0.6) is 0 Å². The van der Waals surface area contributed by atoms with Gasteiger partial charge in [-0.2, -0.15) is 0 Å². The highest BCUT2D eigenvalue weighted by atomic mass is 15.1. The first-order valence-electron chi connectivity index (χ1n) is 6.40. The molecule has 0 N–H and O–H groups in total. The van der Waals surface area contributed by atoms with Crippen molar-refractivity contribution in [3.63, 3.8) is 0 Å². The van der Waals surface area contributed by atoms with E-state index in [1.807, 2.05) is 0 Å². The fourth-order valence-corrected chi connectivity index (χ4v) is 2.49. The normalized spacial score (nSPS) is 16.1. The fourth-order valence-electron chi connectivity index (χ4n) is 2.49. The molecular formula is C15H23N. The Bertz CT molecular complexity index is 366. The van der Waals surface area contributed by atoms with Crippen LogP contribution in [0.4, 0.5) is 0 Å². The molecule has 0 radical (unpaired) electrons. The molecule has 1 heterocycles. The highest BCUT2D eigenvalue weighted by molar-refractivity contribution is 5.35. The topological polar surface area (TPSA) is 3.24 Å². The summed E-state index contributed by atoms with van der Waals surface area (Å²) in [6, 6.07) is 7.02. The molecule has 0 aromatic heterocycles. The van der Waals surface area contributed by atoms with Crippen molar-refractivity contribution in [1.29, 1.82) is 0 Å². The highest BCUT2D eigenvalue weighted by Gasteiger charge is 2.19. The van der Waals surface area contributed by atoms with E-state index in [2.05, 4.69) is 50.8 Å². The van der Waals surface area contributed by atoms with Crippen LogP contribution in [0.1, 0.15) is 50.3 Å². The molecule has 0 saturated carbocycles. The van der Waals surface area contributed by atoms with Gasteiger partial charge in [0, 0.05) is 19.6 Å². The van der Waals surface area contributed by atoms with Gasteiger partial charge < -0.3 is 0 Å². The summed E-state index contributed by atoms with van der Waals surface area (Å²) in [5.41, 5.74) is 4.56. The molecule has 0 fully saturated rings. The van der Waals surface area contributed by atoms with E-state index in [1.54, 1.807) is 5.56 Å². The molecule has 0 atom stereocenters. The maximum absolute atomic E-state index is 2.55. The molecule has 1 aromatic carbocycles. The van der Waals surface area contributed by atoms with Crippen LogP contribution in [0.25, 0.3) is 0 Å². The van der Waals surface area contributed by atoms with E-state index in [1.165, 1.54) is 17.7 Å². The number of rotatable bonds is 3. The van der Waals surface area contributed by atoms with Gasteiger partial charge in [-0.25, -0.2) is 0 Å². The fraction of sp³-hybridized carbons (Fsp3) is 0.600. The lowest BCUT2D eigenvalue weighted by molar-refractivity contribution is 0.251.